The molecule has 0 aliphatic carbocycles. The van der Waals surface area contributed by atoms with Gasteiger partial charge in [-0.15, -0.1) is 0 Å². The monoisotopic (exact) mass is 289 g/mol. The molecule has 0 saturated heterocycles. The molecule has 0 fully saturated rings. The molecule has 3 rings (SSSR count). The number of carbonyl (C=O) groups is 1. The van der Waals surface area contributed by atoms with Crippen molar-refractivity contribution < 1.29 is 13.6 Å². The van der Waals surface area contributed by atoms with Crippen LogP contribution in [0.2, 0.25) is 0 Å². The highest BCUT2D eigenvalue weighted by molar-refractivity contribution is 5.91. The van der Waals surface area contributed by atoms with Crippen LogP contribution in [0.1, 0.15) is 48.1 Å². The number of fused-ring (bicyclic) bond motifs is 1. The van der Waals surface area contributed by atoms with E-state index in [9.17, 15) is 4.79 Å². The summed E-state index contributed by atoms with van der Waals surface area (Å²) in [6.45, 7) is 5.46. The first-order valence-corrected chi connectivity index (χ1v) is 7.28. The molecule has 0 radical (unpaired) electrons. The number of oxazole rings is 2. The Hall–Kier alpha value is -2.11. The highest BCUT2D eigenvalue weighted by Gasteiger charge is 2.27. The van der Waals surface area contributed by atoms with E-state index in [-0.39, 0.29) is 5.91 Å². The third-order valence-corrected chi connectivity index (χ3v) is 3.65. The zero-order valence-corrected chi connectivity index (χ0v) is 12.3. The molecule has 1 aliphatic rings. The maximum Gasteiger partial charge on any atom is 0.276 e. The lowest BCUT2D eigenvalue weighted by Gasteiger charge is -2.24. The second-order valence-electron chi connectivity index (χ2n) is 5.76. The maximum atomic E-state index is 12.2. The van der Waals surface area contributed by atoms with Crippen LogP contribution in [0.25, 0.3) is 0 Å². The fourth-order valence-electron chi connectivity index (χ4n) is 2.42. The SMILES string of the molecule is CC(C)CCc1nc2c(o1)CCN(C(=O)c1cocn1)C2. The standard InChI is InChI=1S/C15H19N3O3/c1-10(2)3-4-14-17-11-7-18(6-5-13(11)21-14)15(19)12-8-20-9-16-12/h8-10H,3-7H2,1-2H3. The Labute approximate surface area is 123 Å². The molecule has 1 amide bonds. The molecule has 6 heteroatoms. The highest BCUT2D eigenvalue weighted by atomic mass is 16.4. The number of hydrogen-bond donors (Lipinski definition) is 0. The van der Waals surface area contributed by atoms with Crippen LogP contribution < -0.4 is 0 Å². The second kappa shape index (κ2) is 5.71. The molecular formula is C15H19N3O3. The minimum Gasteiger partial charge on any atom is -0.451 e. The van der Waals surface area contributed by atoms with Crippen LogP contribution in [-0.2, 0) is 19.4 Å². The van der Waals surface area contributed by atoms with Gasteiger partial charge in [-0.1, -0.05) is 13.8 Å². The fourth-order valence-corrected chi connectivity index (χ4v) is 2.42. The molecule has 0 unspecified atom stereocenters. The lowest BCUT2D eigenvalue weighted by molar-refractivity contribution is 0.0722. The van der Waals surface area contributed by atoms with Gasteiger partial charge in [0.15, 0.2) is 18.0 Å². The van der Waals surface area contributed by atoms with Crippen molar-refractivity contribution in [2.75, 3.05) is 6.54 Å². The van der Waals surface area contributed by atoms with Crippen LogP contribution in [0.15, 0.2) is 21.5 Å². The summed E-state index contributed by atoms with van der Waals surface area (Å²) >= 11 is 0. The van der Waals surface area contributed by atoms with Crippen molar-refractivity contribution in [3.63, 3.8) is 0 Å². The van der Waals surface area contributed by atoms with Gasteiger partial charge in [-0.2, -0.15) is 0 Å². The van der Waals surface area contributed by atoms with Crippen molar-refractivity contribution in [2.45, 2.75) is 39.7 Å². The number of carbonyl (C=O) groups excluding carboxylic acids is 1. The van der Waals surface area contributed by atoms with Crippen LogP contribution >= 0.6 is 0 Å². The number of aryl methyl sites for hydroxylation is 1. The van der Waals surface area contributed by atoms with E-state index < -0.39 is 0 Å². The van der Waals surface area contributed by atoms with Crippen molar-refractivity contribution in [1.82, 2.24) is 14.9 Å². The van der Waals surface area contributed by atoms with Gasteiger partial charge in [-0.3, -0.25) is 4.79 Å². The smallest absolute Gasteiger partial charge is 0.276 e. The fraction of sp³-hybridized carbons (Fsp3) is 0.533. The highest BCUT2D eigenvalue weighted by Crippen LogP contribution is 2.22. The van der Waals surface area contributed by atoms with Crippen molar-refractivity contribution in [3.05, 3.63) is 35.7 Å². The van der Waals surface area contributed by atoms with E-state index >= 15 is 0 Å². The molecule has 0 saturated carbocycles. The first kappa shape index (κ1) is 13.9. The molecule has 0 N–H and O–H groups in total. The Morgan fingerprint density at radius 1 is 1.48 bits per heavy atom. The van der Waals surface area contributed by atoms with Gasteiger partial charge < -0.3 is 13.7 Å². The topological polar surface area (TPSA) is 72.4 Å². The van der Waals surface area contributed by atoms with Gasteiger partial charge in [0.1, 0.15) is 17.7 Å². The molecule has 0 spiro atoms. The largest absolute Gasteiger partial charge is 0.451 e. The Balaban J connectivity index is 1.69. The maximum absolute atomic E-state index is 12.2. The van der Waals surface area contributed by atoms with Crippen molar-refractivity contribution in [1.29, 1.82) is 0 Å². The van der Waals surface area contributed by atoms with Gasteiger partial charge in [-0.25, -0.2) is 9.97 Å². The van der Waals surface area contributed by atoms with Gasteiger partial charge in [0.2, 0.25) is 0 Å². The van der Waals surface area contributed by atoms with Crippen molar-refractivity contribution in [3.8, 4) is 0 Å². The number of amides is 1. The zero-order chi connectivity index (χ0) is 14.8. The van der Waals surface area contributed by atoms with Gasteiger partial charge in [0, 0.05) is 19.4 Å². The van der Waals surface area contributed by atoms with Crippen LogP contribution in [0.5, 0.6) is 0 Å². The predicted octanol–water partition coefficient (Wildman–Crippen LogP) is 2.45. The van der Waals surface area contributed by atoms with Gasteiger partial charge >= 0.3 is 0 Å². The van der Waals surface area contributed by atoms with E-state index in [1.165, 1.54) is 12.7 Å². The van der Waals surface area contributed by atoms with E-state index in [4.69, 9.17) is 8.83 Å². The molecule has 112 valence electrons. The Morgan fingerprint density at radius 2 is 2.33 bits per heavy atom. The molecule has 3 heterocycles. The second-order valence-corrected chi connectivity index (χ2v) is 5.76. The molecular weight excluding hydrogens is 270 g/mol. The summed E-state index contributed by atoms with van der Waals surface area (Å²) in [6.07, 6.45) is 5.24. The minimum atomic E-state index is -0.124. The molecule has 6 nitrogen and oxygen atoms in total. The Bertz CT molecular complexity index is 616. The van der Waals surface area contributed by atoms with Crippen molar-refractivity contribution in [2.24, 2.45) is 5.92 Å². The average molecular weight is 289 g/mol. The summed E-state index contributed by atoms with van der Waals surface area (Å²) < 4.78 is 10.7. The van der Waals surface area contributed by atoms with Crippen LogP contribution in [0.3, 0.4) is 0 Å². The average Bonchev–Trinajstić information content (AvgIpc) is 3.12. The van der Waals surface area contributed by atoms with E-state index in [1.807, 2.05) is 0 Å². The molecule has 0 bridgehead atoms. The number of rotatable bonds is 4. The Morgan fingerprint density at radius 3 is 3.05 bits per heavy atom. The third-order valence-electron chi connectivity index (χ3n) is 3.65. The first-order chi connectivity index (χ1) is 10.1. The third kappa shape index (κ3) is 2.99. The molecule has 1 aliphatic heterocycles. The van der Waals surface area contributed by atoms with E-state index in [2.05, 4.69) is 23.8 Å². The van der Waals surface area contributed by atoms with Crippen LogP contribution in [0.4, 0.5) is 0 Å². The quantitative estimate of drug-likeness (QED) is 0.864. The number of hydrogen-bond acceptors (Lipinski definition) is 5. The van der Waals surface area contributed by atoms with E-state index in [0.29, 0.717) is 31.1 Å². The van der Waals surface area contributed by atoms with Crippen LogP contribution in [-0.4, -0.2) is 27.3 Å². The normalized spacial score (nSPS) is 14.5. The van der Waals surface area contributed by atoms with Gasteiger partial charge in [0.25, 0.3) is 5.91 Å². The summed E-state index contributed by atoms with van der Waals surface area (Å²) in [5, 5.41) is 0. The van der Waals surface area contributed by atoms with E-state index in [0.717, 1.165) is 30.2 Å². The molecule has 21 heavy (non-hydrogen) atoms. The van der Waals surface area contributed by atoms with Crippen molar-refractivity contribution >= 4 is 5.91 Å². The van der Waals surface area contributed by atoms with E-state index in [1.54, 1.807) is 4.90 Å². The first-order valence-electron chi connectivity index (χ1n) is 7.28. The molecule has 0 atom stereocenters. The van der Waals surface area contributed by atoms with Crippen LogP contribution in [0, 0.1) is 5.92 Å². The predicted molar refractivity (Wildman–Crippen MR) is 74.6 cm³/mol. The summed E-state index contributed by atoms with van der Waals surface area (Å²) in [5.74, 6) is 2.20. The minimum absolute atomic E-state index is 0.124. The summed E-state index contributed by atoms with van der Waals surface area (Å²) in [5.41, 5.74) is 1.21. The number of aromatic nitrogens is 2. The summed E-state index contributed by atoms with van der Waals surface area (Å²) in [7, 11) is 0. The van der Waals surface area contributed by atoms with Gasteiger partial charge in [0.05, 0.1) is 6.54 Å². The van der Waals surface area contributed by atoms with Gasteiger partial charge in [-0.05, 0) is 12.3 Å². The molecule has 2 aromatic rings. The summed E-state index contributed by atoms with van der Waals surface area (Å²) in [6, 6.07) is 0. The lowest BCUT2D eigenvalue weighted by atomic mass is 10.1. The molecule has 2 aromatic heterocycles. The molecule has 0 aromatic carbocycles. The lowest BCUT2D eigenvalue weighted by Crippen LogP contribution is -2.36. The zero-order valence-electron chi connectivity index (χ0n) is 12.3. The summed E-state index contributed by atoms with van der Waals surface area (Å²) in [4.78, 5) is 22.4. The number of nitrogens with zero attached hydrogens (tertiary/aromatic N) is 3. The Kier molecular flexibility index (Phi) is 3.77.